The summed E-state index contributed by atoms with van der Waals surface area (Å²) in [5, 5.41) is 5.75. The van der Waals surface area contributed by atoms with Gasteiger partial charge in [-0.2, -0.15) is 0 Å². The average molecular weight is 330 g/mol. The largest absolute Gasteiger partial charge is 0.378 e. The van der Waals surface area contributed by atoms with Crippen molar-refractivity contribution >= 4 is 22.4 Å². The molecule has 126 valence electrons. The number of hydrogen-bond acceptors (Lipinski definition) is 2. The molecule has 3 aromatic rings. The normalized spacial score (nSPS) is 15.0. The third-order valence-corrected chi connectivity index (χ3v) is 5.03. The molecule has 1 amide bonds. The quantitative estimate of drug-likeness (QED) is 0.772. The van der Waals surface area contributed by atoms with E-state index in [1.54, 1.807) is 0 Å². The summed E-state index contributed by atoms with van der Waals surface area (Å²) in [5.74, 6) is -0.00543. The molecule has 3 heteroatoms. The predicted octanol–water partition coefficient (Wildman–Crippen LogP) is 4.32. The van der Waals surface area contributed by atoms with Crippen LogP contribution in [0.25, 0.3) is 10.8 Å². The summed E-state index contributed by atoms with van der Waals surface area (Å²) in [6.45, 7) is 0. The summed E-state index contributed by atoms with van der Waals surface area (Å²) < 4.78 is 0. The van der Waals surface area contributed by atoms with Crippen LogP contribution in [0, 0.1) is 0 Å². The Labute approximate surface area is 148 Å². The van der Waals surface area contributed by atoms with E-state index in [2.05, 4.69) is 47.8 Å². The Balaban J connectivity index is 1.66. The van der Waals surface area contributed by atoms with Crippen LogP contribution in [0.2, 0.25) is 0 Å². The van der Waals surface area contributed by atoms with Gasteiger partial charge in [0, 0.05) is 25.3 Å². The maximum atomic E-state index is 12.9. The lowest BCUT2D eigenvalue weighted by molar-refractivity contribution is 0.0931. The summed E-state index contributed by atoms with van der Waals surface area (Å²) in [6, 6.07) is 22.5. The molecule has 0 aliphatic heterocycles. The maximum Gasteiger partial charge on any atom is 0.252 e. The molecule has 0 unspecified atom stereocenters. The predicted molar refractivity (Wildman–Crippen MR) is 103 cm³/mol. The van der Waals surface area contributed by atoms with E-state index in [1.165, 1.54) is 16.3 Å². The Bertz CT molecular complexity index is 936. The van der Waals surface area contributed by atoms with Crippen LogP contribution in [0.5, 0.6) is 0 Å². The molecule has 0 spiro atoms. The Hall–Kier alpha value is -2.81. The molecule has 4 rings (SSSR count). The van der Waals surface area contributed by atoms with Crippen molar-refractivity contribution in [2.45, 2.75) is 18.4 Å². The van der Waals surface area contributed by atoms with Crippen LogP contribution in [0.4, 0.5) is 5.69 Å². The van der Waals surface area contributed by atoms with Gasteiger partial charge in [-0.15, -0.1) is 0 Å². The summed E-state index contributed by atoms with van der Waals surface area (Å²) in [6.07, 6.45) is 1.97. The van der Waals surface area contributed by atoms with Gasteiger partial charge in [0.05, 0.1) is 5.54 Å². The highest BCUT2D eigenvalue weighted by atomic mass is 16.1. The van der Waals surface area contributed by atoms with Crippen LogP contribution in [-0.4, -0.2) is 20.0 Å². The molecule has 1 N–H and O–H groups in total. The molecule has 0 bridgehead atoms. The minimum Gasteiger partial charge on any atom is -0.378 e. The van der Waals surface area contributed by atoms with Gasteiger partial charge < -0.3 is 10.2 Å². The molecule has 1 fully saturated rings. The first kappa shape index (κ1) is 15.7. The highest BCUT2D eigenvalue weighted by Crippen LogP contribution is 2.48. The molecule has 3 aromatic carbocycles. The van der Waals surface area contributed by atoms with E-state index >= 15 is 0 Å². The number of anilines is 1. The summed E-state index contributed by atoms with van der Waals surface area (Å²) in [5.41, 5.74) is 2.73. The molecule has 0 heterocycles. The standard InChI is InChI=1S/C22H22N2O/c1-24(2)18-10-5-9-17(15-18)21(25)23-22(13-14-22)20-12-6-8-16-7-3-4-11-19(16)20/h3-12,15H,13-14H2,1-2H3,(H,23,25). The van der Waals surface area contributed by atoms with Crippen LogP contribution in [0.15, 0.2) is 66.7 Å². The lowest BCUT2D eigenvalue weighted by Gasteiger charge is -2.21. The molecule has 0 atom stereocenters. The van der Waals surface area contributed by atoms with E-state index < -0.39 is 0 Å². The smallest absolute Gasteiger partial charge is 0.252 e. The number of carbonyl (C=O) groups is 1. The molecule has 25 heavy (non-hydrogen) atoms. The van der Waals surface area contributed by atoms with Gasteiger partial charge in [0.2, 0.25) is 0 Å². The van der Waals surface area contributed by atoms with Gasteiger partial charge in [-0.3, -0.25) is 4.79 Å². The van der Waals surface area contributed by atoms with Gasteiger partial charge in [0.1, 0.15) is 0 Å². The number of carbonyl (C=O) groups excluding carboxylic acids is 1. The molecule has 0 radical (unpaired) electrons. The lowest BCUT2D eigenvalue weighted by atomic mass is 9.96. The molecular weight excluding hydrogens is 308 g/mol. The monoisotopic (exact) mass is 330 g/mol. The SMILES string of the molecule is CN(C)c1cccc(C(=O)NC2(c3cccc4ccccc34)CC2)c1. The van der Waals surface area contributed by atoms with Gasteiger partial charge in [-0.25, -0.2) is 0 Å². The molecule has 0 aromatic heterocycles. The summed E-state index contributed by atoms with van der Waals surface area (Å²) >= 11 is 0. The number of amides is 1. The lowest BCUT2D eigenvalue weighted by Crippen LogP contribution is -2.35. The Kier molecular flexibility index (Phi) is 3.72. The first-order chi connectivity index (χ1) is 12.1. The first-order valence-electron chi connectivity index (χ1n) is 8.67. The van der Waals surface area contributed by atoms with Crippen molar-refractivity contribution in [3.63, 3.8) is 0 Å². The second kappa shape index (κ2) is 5.92. The zero-order chi connectivity index (χ0) is 17.4. The second-order valence-electron chi connectivity index (χ2n) is 7.01. The summed E-state index contributed by atoms with van der Waals surface area (Å²) in [7, 11) is 3.96. The van der Waals surface area contributed by atoms with Crippen molar-refractivity contribution in [1.82, 2.24) is 5.32 Å². The van der Waals surface area contributed by atoms with Crippen LogP contribution >= 0.6 is 0 Å². The third kappa shape index (κ3) is 2.86. The van der Waals surface area contributed by atoms with Crippen molar-refractivity contribution in [2.75, 3.05) is 19.0 Å². The van der Waals surface area contributed by atoms with Gasteiger partial charge in [0.15, 0.2) is 0 Å². The van der Waals surface area contributed by atoms with Crippen molar-refractivity contribution in [3.05, 3.63) is 77.9 Å². The Morgan fingerprint density at radius 1 is 0.960 bits per heavy atom. The minimum absolute atomic E-state index is 0.00543. The number of rotatable bonds is 4. The van der Waals surface area contributed by atoms with E-state index in [1.807, 2.05) is 43.3 Å². The molecule has 3 nitrogen and oxygen atoms in total. The van der Waals surface area contributed by atoms with E-state index in [4.69, 9.17) is 0 Å². The fourth-order valence-corrected chi connectivity index (χ4v) is 3.44. The molecular formula is C22H22N2O. The topological polar surface area (TPSA) is 32.3 Å². The molecule has 1 aliphatic carbocycles. The number of nitrogens with zero attached hydrogens (tertiary/aromatic N) is 1. The first-order valence-corrected chi connectivity index (χ1v) is 8.67. The van der Waals surface area contributed by atoms with Crippen LogP contribution < -0.4 is 10.2 Å². The number of nitrogens with one attached hydrogen (secondary N) is 1. The fraction of sp³-hybridized carbons (Fsp3) is 0.227. The van der Waals surface area contributed by atoms with Gasteiger partial charge in [-0.1, -0.05) is 48.5 Å². The third-order valence-electron chi connectivity index (χ3n) is 5.03. The van der Waals surface area contributed by atoms with Crippen molar-refractivity contribution < 1.29 is 4.79 Å². The van der Waals surface area contributed by atoms with Gasteiger partial charge in [-0.05, 0) is 47.4 Å². The number of fused-ring (bicyclic) bond motifs is 1. The van der Waals surface area contributed by atoms with Crippen molar-refractivity contribution in [1.29, 1.82) is 0 Å². The van der Waals surface area contributed by atoms with Crippen LogP contribution in [-0.2, 0) is 5.54 Å². The average Bonchev–Trinajstić information content (AvgIpc) is 3.41. The minimum atomic E-state index is -0.230. The summed E-state index contributed by atoms with van der Waals surface area (Å²) in [4.78, 5) is 14.9. The van der Waals surface area contributed by atoms with Crippen LogP contribution in [0.1, 0.15) is 28.8 Å². The zero-order valence-electron chi connectivity index (χ0n) is 14.6. The van der Waals surface area contributed by atoms with E-state index in [-0.39, 0.29) is 11.4 Å². The zero-order valence-corrected chi connectivity index (χ0v) is 14.6. The van der Waals surface area contributed by atoms with E-state index in [0.29, 0.717) is 5.56 Å². The highest BCUT2D eigenvalue weighted by Gasteiger charge is 2.46. The highest BCUT2D eigenvalue weighted by molar-refractivity contribution is 5.97. The van der Waals surface area contributed by atoms with Gasteiger partial charge >= 0.3 is 0 Å². The Morgan fingerprint density at radius 3 is 2.44 bits per heavy atom. The number of hydrogen-bond donors (Lipinski definition) is 1. The van der Waals surface area contributed by atoms with E-state index in [9.17, 15) is 4.79 Å². The van der Waals surface area contributed by atoms with E-state index in [0.717, 1.165) is 18.5 Å². The Morgan fingerprint density at radius 2 is 1.68 bits per heavy atom. The maximum absolute atomic E-state index is 12.9. The van der Waals surface area contributed by atoms with Crippen molar-refractivity contribution in [3.8, 4) is 0 Å². The number of benzene rings is 3. The van der Waals surface area contributed by atoms with Crippen molar-refractivity contribution in [2.24, 2.45) is 0 Å². The van der Waals surface area contributed by atoms with Gasteiger partial charge in [0.25, 0.3) is 5.91 Å². The molecule has 0 saturated heterocycles. The molecule has 1 saturated carbocycles. The van der Waals surface area contributed by atoms with Crippen LogP contribution in [0.3, 0.4) is 0 Å². The fourth-order valence-electron chi connectivity index (χ4n) is 3.44. The second-order valence-corrected chi connectivity index (χ2v) is 7.01. The molecule has 1 aliphatic rings.